The van der Waals surface area contributed by atoms with Gasteiger partial charge in [-0.2, -0.15) is 0 Å². The van der Waals surface area contributed by atoms with E-state index in [0.717, 1.165) is 4.68 Å². The fraction of sp³-hybridized carbons (Fsp3) is 0.700. The summed E-state index contributed by atoms with van der Waals surface area (Å²) < 4.78 is 33.2. The molecule has 21 heavy (non-hydrogen) atoms. The summed E-state index contributed by atoms with van der Waals surface area (Å²) in [6.07, 6.45) is 0.519. The predicted octanol–water partition coefficient (Wildman–Crippen LogP) is -0.263. The maximum absolute atomic E-state index is 12.3. The first-order valence-electron chi connectivity index (χ1n) is 6.14. The Morgan fingerprint density at radius 1 is 1.52 bits per heavy atom. The zero-order chi connectivity index (χ0) is 15.7. The molecule has 0 unspecified atom stereocenters. The number of aliphatic carboxylic acids is 1. The highest BCUT2D eigenvalue weighted by Crippen LogP contribution is 2.31. The lowest BCUT2D eigenvalue weighted by molar-refractivity contribution is -0.154. The van der Waals surface area contributed by atoms with Gasteiger partial charge in [-0.1, -0.05) is 5.21 Å². The van der Waals surface area contributed by atoms with E-state index in [4.69, 9.17) is 4.74 Å². The zero-order valence-electron chi connectivity index (χ0n) is 11.2. The maximum Gasteiger partial charge on any atom is 0.311 e. The number of nitrogens with one attached hydrogen (secondary N) is 1. The Kier molecular flexibility index (Phi) is 4.66. The Balaban J connectivity index is 2.19. The van der Waals surface area contributed by atoms with E-state index >= 15 is 0 Å². The van der Waals surface area contributed by atoms with Crippen molar-refractivity contribution in [3.8, 4) is 0 Å². The molecule has 1 fully saturated rings. The topological polar surface area (TPSA) is 123 Å². The molecule has 0 spiro atoms. The molecule has 0 aromatic carbocycles. The maximum atomic E-state index is 12.3. The van der Waals surface area contributed by atoms with Gasteiger partial charge in [-0.25, -0.2) is 17.8 Å². The second kappa shape index (κ2) is 5.99. The van der Waals surface area contributed by atoms with Gasteiger partial charge >= 0.3 is 5.97 Å². The summed E-state index contributed by atoms with van der Waals surface area (Å²) in [6.45, 7) is 0.390. The summed E-state index contributed by atoms with van der Waals surface area (Å²) in [5, 5.41) is 16.5. The summed E-state index contributed by atoms with van der Waals surface area (Å²) in [7, 11) is -2.47. The van der Waals surface area contributed by atoms with Crippen LogP contribution in [-0.2, 0) is 26.6 Å². The van der Waals surface area contributed by atoms with E-state index in [0.29, 0.717) is 13.2 Å². The van der Waals surface area contributed by atoms with Crippen LogP contribution in [0.5, 0.6) is 0 Å². The van der Waals surface area contributed by atoms with Crippen molar-refractivity contribution in [1.29, 1.82) is 0 Å². The fourth-order valence-electron chi connectivity index (χ4n) is 2.14. The highest BCUT2D eigenvalue weighted by atomic mass is 79.9. The summed E-state index contributed by atoms with van der Waals surface area (Å²) in [5.41, 5.74) is -1.15. The molecule has 2 heterocycles. The van der Waals surface area contributed by atoms with Gasteiger partial charge in [-0.3, -0.25) is 4.79 Å². The van der Waals surface area contributed by atoms with Crippen LogP contribution in [0.1, 0.15) is 12.8 Å². The fourth-order valence-corrected chi connectivity index (χ4v) is 4.35. The molecule has 0 aliphatic carbocycles. The van der Waals surface area contributed by atoms with Gasteiger partial charge in [0.05, 0.1) is 5.41 Å². The molecule has 0 amide bonds. The third-order valence-electron chi connectivity index (χ3n) is 3.50. The summed E-state index contributed by atoms with van der Waals surface area (Å²) in [5.74, 6) is -1.03. The molecule has 1 saturated heterocycles. The molecular formula is C10H15BrN4O5S. The Bertz CT molecular complexity index is 618. The van der Waals surface area contributed by atoms with Gasteiger partial charge in [0.1, 0.15) is 0 Å². The third kappa shape index (κ3) is 3.25. The average Bonchev–Trinajstić information content (AvgIpc) is 2.77. The van der Waals surface area contributed by atoms with Gasteiger partial charge < -0.3 is 9.84 Å². The van der Waals surface area contributed by atoms with Crippen LogP contribution in [0.4, 0.5) is 0 Å². The lowest BCUT2D eigenvalue weighted by atomic mass is 9.80. The van der Waals surface area contributed by atoms with Crippen LogP contribution in [-0.4, -0.2) is 54.2 Å². The van der Waals surface area contributed by atoms with Crippen molar-refractivity contribution in [2.24, 2.45) is 12.5 Å². The van der Waals surface area contributed by atoms with E-state index < -0.39 is 21.4 Å². The van der Waals surface area contributed by atoms with Crippen molar-refractivity contribution in [3.63, 3.8) is 0 Å². The number of hydrogen-bond acceptors (Lipinski definition) is 6. The van der Waals surface area contributed by atoms with Crippen LogP contribution in [0, 0.1) is 5.41 Å². The number of hydrogen-bond donors (Lipinski definition) is 2. The standard InChI is InChI=1S/C10H15BrN4O5S/c1-15-8(7(11)13-14-15)21(18,19)12-6-10(9(16)17)2-4-20-5-3-10/h12H,2-6H2,1H3,(H,16,17). The number of aromatic nitrogens is 3. The van der Waals surface area contributed by atoms with Gasteiger partial charge in [0.2, 0.25) is 5.03 Å². The molecule has 11 heteroatoms. The minimum atomic E-state index is -3.91. The number of carboxylic acids is 1. The van der Waals surface area contributed by atoms with Crippen LogP contribution in [0.3, 0.4) is 0 Å². The molecule has 1 aromatic heterocycles. The van der Waals surface area contributed by atoms with Gasteiger partial charge in [-0.05, 0) is 28.8 Å². The van der Waals surface area contributed by atoms with E-state index in [1.54, 1.807) is 0 Å². The minimum absolute atomic E-state index is 0.0776. The number of carboxylic acid groups (broad SMARTS) is 1. The number of ether oxygens (including phenoxy) is 1. The average molecular weight is 383 g/mol. The quantitative estimate of drug-likeness (QED) is 0.718. The van der Waals surface area contributed by atoms with E-state index in [2.05, 4.69) is 31.0 Å². The molecule has 118 valence electrons. The van der Waals surface area contributed by atoms with Crippen LogP contribution in [0.25, 0.3) is 0 Å². The van der Waals surface area contributed by atoms with E-state index in [-0.39, 0.29) is 29.0 Å². The first-order chi connectivity index (χ1) is 9.78. The Morgan fingerprint density at radius 3 is 2.62 bits per heavy atom. The van der Waals surface area contributed by atoms with Gasteiger partial charge in [-0.15, -0.1) is 5.10 Å². The molecule has 1 aliphatic rings. The smallest absolute Gasteiger partial charge is 0.311 e. The third-order valence-corrected chi connectivity index (χ3v) is 5.78. The van der Waals surface area contributed by atoms with Crippen LogP contribution >= 0.6 is 15.9 Å². The molecule has 1 aromatic rings. The molecule has 0 radical (unpaired) electrons. The number of rotatable bonds is 5. The molecule has 1 aliphatic heterocycles. The van der Waals surface area contributed by atoms with E-state index in [9.17, 15) is 18.3 Å². The summed E-state index contributed by atoms with van der Waals surface area (Å²) >= 11 is 3.01. The van der Waals surface area contributed by atoms with Crippen molar-refractivity contribution < 1.29 is 23.1 Å². The molecule has 0 atom stereocenters. The second-order valence-electron chi connectivity index (χ2n) is 4.83. The van der Waals surface area contributed by atoms with E-state index in [1.807, 2.05) is 0 Å². The Hall–Kier alpha value is -1.04. The molecule has 0 saturated carbocycles. The zero-order valence-corrected chi connectivity index (χ0v) is 13.6. The normalized spacial score (nSPS) is 18.6. The second-order valence-corrected chi connectivity index (χ2v) is 7.26. The van der Waals surface area contributed by atoms with Crippen LogP contribution in [0.15, 0.2) is 9.63 Å². The largest absolute Gasteiger partial charge is 0.481 e. The van der Waals surface area contributed by atoms with E-state index in [1.165, 1.54) is 7.05 Å². The Labute approximate surface area is 129 Å². The lowest BCUT2D eigenvalue weighted by Crippen LogP contribution is -2.46. The van der Waals surface area contributed by atoms with Crippen molar-refractivity contribution in [1.82, 2.24) is 19.7 Å². The van der Waals surface area contributed by atoms with Crippen molar-refractivity contribution in [3.05, 3.63) is 4.60 Å². The minimum Gasteiger partial charge on any atom is -0.481 e. The van der Waals surface area contributed by atoms with Crippen molar-refractivity contribution >= 4 is 31.9 Å². The first kappa shape index (κ1) is 16.3. The number of aryl methyl sites for hydroxylation is 1. The van der Waals surface area contributed by atoms with Gasteiger partial charge in [0.25, 0.3) is 10.0 Å². The summed E-state index contributed by atoms with van der Waals surface area (Å²) in [6, 6.07) is 0. The molecular weight excluding hydrogens is 368 g/mol. The van der Waals surface area contributed by atoms with Crippen LogP contribution < -0.4 is 4.72 Å². The first-order valence-corrected chi connectivity index (χ1v) is 8.42. The van der Waals surface area contributed by atoms with Crippen molar-refractivity contribution in [2.45, 2.75) is 17.9 Å². The predicted molar refractivity (Wildman–Crippen MR) is 74.0 cm³/mol. The lowest BCUT2D eigenvalue weighted by Gasteiger charge is -2.32. The Morgan fingerprint density at radius 2 is 2.14 bits per heavy atom. The number of sulfonamides is 1. The van der Waals surface area contributed by atoms with Crippen molar-refractivity contribution in [2.75, 3.05) is 19.8 Å². The highest BCUT2D eigenvalue weighted by molar-refractivity contribution is 9.10. The SMILES string of the molecule is Cn1nnc(Br)c1S(=O)(=O)NCC1(C(=O)O)CCOCC1. The number of nitrogens with zero attached hydrogens (tertiary/aromatic N) is 3. The summed E-state index contributed by atoms with van der Waals surface area (Å²) in [4.78, 5) is 11.5. The van der Waals surface area contributed by atoms with Gasteiger partial charge in [0, 0.05) is 26.8 Å². The molecule has 2 N–H and O–H groups in total. The number of carbonyl (C=O) groups is 1. The monoisotopic (exact) mass is 382 g/mol. The van der Waals surface area contributed by atoms with Gasteiger partial charge in [0.15, 0.2) is 4.60 Å². The highest BCUT2D eigenvalue weighted by Gasteiger charge is 2.41. The molecule has 9 nitrogen and oxygen atoms in total. The molecule has 0 bridgehead atoms. The van der Waals surface area contributed by atoms with Crippen LogP contribution in [0.2, 0.25) is 0 Å². The molecule has 2 rings (SSSR count). The number of halogens is 1.